The van der Waals surface area contributed by atoms with E-state index in [1.165, 1.54) is 61.7 Å². The summed E-state index contributed by atoms with van der Waals surface area (Å²) in [5.74, 6) is 0.327. The van der Waals surface area contributed by atoms with Gasteiger partial charge in [-0.1, -0.05) is 128 Å². The van der Waals surface area contributed by atoms with Gasteiger partial charge in [-0.2, -0.15) is 0 Å². The van der Waals surface area contributed by atoms with Crippen LogP contribution in [0.2, 0.25) is 0 Å². The normalized spacial score (nSPS) is 9.96. The van der Waals surface area contributed by atoms with Crippen LogP contribution >= 0.6 is 0 Å². The molecule has 0 aliphatic heterocycles. The molecule has 0 fully saturated rings. The first-order valence-corrected chi connectivity index (χ1v) is 23.7. The monoisotopic (exact) mass is 1070 g/mol. The lowest BCUT2D eigenvalue weighted by Gasteiger charge is -2.11. The Kier molecular flexibility index (Phi) is 26.1. The summed E-state index contributed by atoms with van der Waals surface area (Å²) in [5, 5.41) is 0. The lowest BCUT2D eigenvalue weighted by Crippen LogP contribution is -2.17. The van der Waals surface area contributed by atoms with Crippen molar-refractivity contribution in [2.45, 2.75) is 26.9 Å². The highest BCUT2D eigenvalue weighted by atomic mass is 16.7. The number of methoxy groups -OCH3 is 1. The molecule has 7 aromatic rings. The minimum absolute atomic E-state index is 0.0476. The maximum absolute atomic E-state index is 12.0. The zero-order chi connectivity index (χ0) is 57.2. The smallest absolute Gasteiger partial charge is 0.465 e. The molecule has 0 spiro atoms. The second kappa shape index (κ2) is 33.9. The van der Waals surface area contributed by atoms with E-state index in [4.69, 9.17) is 47.4 Å². The Balaban J connectivity index is 0.000000228. The summed E-state index contributed by atoms with van der Waals surface area (Å²) >= 11 is 0. The largest absolute Gasteiger partial charge is 0.519 e. The van der Waals surface area contributed by atoms with Crippen molar-refractivity contribution in [2.24, 2.45) is 0 Å². The van der Waals surface area contributed by atoms with E-state index in [1.807, 2.05) is 12.1 Å². The Labute approximate surface area is 455 Å². The first-order chi connectivity index (χ1) is 38.2. The molecule has 7 rings (SSSR count). The van der Waals surface area contributed by atoms with Gasteiger partial charge in [0, 0.05) is 0 Å². The summed E-state index contributed by atoms with van der Waals surface area (Å²) in [4.78, 5) is 81.7. The summed E-state index contributed by atoms with van der Waals surface area (Å²) in [6.45, 7) is 12.4. The Morgan fingerprint density at radius 1 is 0.418 bits per heavy atom. The highest BCUT2D eigenvalue weighted by Gasteiger charge is 2.20. The number of ether oxygens (including phenoxy) is 11. The number of hydrogen-bond acceptors (Lipinski definition) is 18. The third-order valence-corrected chi connectivity index (χ3v) is 9.17. The van der Waals surface area contributed by atoms with Crippen molar-refractivity contribution < 1.29 is 85.7 Å². The van der Waals surface area contributed by atoms with Crippen LogP contribution in [0.4, 0.5) is 19.2 Å². The van der Waals surface area contributed by atoms with Gasteiger partial charge in [0.25, 0.3) is 0 Å². The van der Waals surface area contributed by atoms with Crippen molar-refractivity contribution in [3.63, 3.8) is 0 Å². The maximum Gasteiger partial charge on any atom is 0.519 e. The van der Waals surface area contributed by atoms with E-state index in [1.54, 1.807) is 166 Å². The molecule has 18 heteroatoms. The first-order valence-electron chi connectivity index (χ1n) is 23.7. The van der Waals surface area contributed by atoms with Crippen LogP contribution in [0.1, 0.15) is 51.8 Å². The number of esters is 3. The van der Waals surface area contributed by atoms with Crippen LogP contribution in [-0.2, 0) is 18.9 Å². The molecule has 0 aliphatic carbocycles. The molecule has 79 heavy (non-hydrogen) atoms. The molecule has 0 amide bonds. The molecule has 0 aromatic heterocycles. The molecule has 406 valence electrons. The van der Waals surface area contributed by atoms with Gasteiger partial charge in [-0.3, -0.25) is 0 Å². The second-order valence-electron chi connectivity index (χ2n) is 15.2. The average Bonchev–Trinajstić information content (AvgIpc) is 3.45. The van der Waals surface area contributed by atoms with Crippen LogP contribution in [0.5, 0.6) is 40.2 Å². The van der Waals surface area contributed by atoms with Gasteiger partial charge < -0.3 is 52.1 Å². The average molecular weight is 1080 g/mol. The summed E-state index contributed by atoms with van der Waals surface area (Å²) in [7, 11) is 1.24. The van der Waals surface area contributed by atoms with Crippen molar-refractivity contribution in [3.05, 3.63) is 248 Å². The fourth-order valence-corrected chi connectivity index (χ4v) is 5.82. The van der Waals surface area contributed by atoms with Gasteiger partial charge in [-0.05, 0) is 118 Å². The topological polar surface area (TPSA) is 221 Å². The second-order valence-corrected chi connectivity index (χ2v) is 15.2. The van der Waals surface area contributed by atoms with E-state index in [2.05, 4.69) is 17.9 Å². The Morgan fingerprint density at radius 3 is 1.06 bits per heavy atom. The van der Waals surface area contributed by atoms with Crippen LogP contribution < -0.4 is 33.2 Å². The van der Waals surface area contributed by atoms with Gasteiger partial charge in [0.05, 0.1) is 19.8 Å². The Hall–Kier alpha value is -10.8. The third kappa shape index (κ3) is 22.7. The van der Waals surface area contributed by atoms with Crippen molar-refractivity contribution >= 4 is 42.5 Å². The van der Waals surface area contributed by atoms with Crippen LogP contribution in [-0.4, -0.2) is 62.4 Å². The van der Waals surface area contributed by atoms with Crippen molar-refractivity contribution in [3.8, 4) is 40.2 Å². The standard InChI is InChI=1S/C17H16O5.C16H14O5.C15H14O5.C13H10O3/c1-12(2)20-16(18)14-10-6-7-11-15(14)22-17(19)21-13-8-4-3-5-9-13;1-2-19-15(17)13-10-6-7-11-14(13)21-16(18)20-12-8-4-3-5-9-12;1-4-8-11(5-2)19-15(17)20-13-10-7-6-9-12(13)14(16)18-3;14-13(15-11-7-3-1-4-8-11)16-12-9-5-2-6-10-12/h3-12H,1-2H3;3-11H,2H2,1H3;4-10H,1-2H2,3H3;1-10H. The highest BCUT2D eigenvalue weighted by molar-refractivity contribution is 5.94. The van der Waals surface area contributed by atoms with Gasteiger partial charge in [0.1, 0.15) is 62.7 Å². The zero-order valence-corrected chi connectivity index (χ0v) is 43.3. The van der Waals surface area contributed by atoms with Gasteiger partial charge in [0.2, 0.25) is 0 Å². The number of hydrogen-bond donors (Lipinski definition) is 0. The number of carbonyl (C=O) groups excluding carboxylic acids is 7. The summed E-state index contributed by atoms with van der Waals surface area (Å²) in [5.41, 5.74) is 0.463. The first kappa shape index (κ1) is 60.8. The summed E-state index contributed by atoms with van der Waals surface area (Å²) in [6, 6.07) is 53.4. The molecule has 0 atom stereocenters. The number of para-hydroxylation sites is 7. The molecule has 0 unspecified atom stereocenters. The van der Waals surface area contributed by atoms with Crippen LogP contribution in [0.25, 0.3) is 0 Å². The van der Waals surface area contributed by atoms with Crippen LogP contribution in [0.3, 0.4) is 0 Å². The molecule has 0 saturated carbocycles. The molecule has 7 aromatic carbocycles. The molecule has 0 bridgehead atoms. The van der Waals surface area contributed by atoms with Gasteiger partial charge in [0.15, 0.2) is 0 Å². The van der Waals surface area contributed by atoms with E-state index in [0.717, 1.165) is 0 Å². The fourth-order valence-electron chi connectivity index (χ4n) is 5.82. The predicted molar refractivity (Wildman–Crippen MR) is 288 cm³/mol. The molecular formula is C61H54O18. The lowest BCUT2D eigenvalue weighted by molar-refractivity contribution is 0.0373. The zero-order valence-electron chi connectivity index (χ0n) is 43.3. The number of rotatable bonds is 15. The number of allylic oxidation sites excluding steroid dienone is 3. The minimum Gasteiger partial charge on any atom is -0.465 e. The summed E-state index contributed by atoms with van der Waals surface area (Å²) in [6.07, 6.45) is 0.375. The summed E-state index contributed by atoms with van der Waals surface area (Å²) < 4.78 is 54.5. The van der Waals surface area contributed by atoms with Gasteiger partial charge in [-0.15, -0.1) is 0 Å². The minimum atomic E-state index is -0.991. The molecule has 0 radical (unpaired) electrons. The van der Waals surface area contributed by atoms with Crippen LogP contribution in [0, 0.1) is 0 Å². The Morgan fingerprint density at radius 2 is 0.734 bits per heavy atom. The molecule has 0 saturated heterocycles. The van der Waals surface area contributed by atoms with Crippen LogP contribution in [0.15, 0.2) is 231 Å². The van der Waals surface area contributed by atoms with Gasteiger partial charge in [-0.25, -0.2) is 33.6 Å². The molecule has 0 aliphatic rings. The van der Waals surface area contributed by atoms with E-state index < -0.39 is 42.5 Å². The Bertz CT molecular complexity index is 3080. The molecule has 0 N–H and O–H groups in total. The SMILES string of the molecule is C=CC=C(C=C)OC(=O)Oc1ccccc1C(=O)OC.CC(C)OC(=O)c1ccccc1OC(=O)Oc1ccccc1.CCOC(=O)c1ccccc1OC(=O)Oc1ccccc1.O=C(Oc1ccccc1)Oc1ccccc1. The third-order valence-electron chi connectivity index (χ3n) is 9.17. The highest BCUT2D eigenvalue weighted by Crippen LogP contribution is 2.23. The predicted octanol–water partition coefficient (Wildman–Crippen LogP) is 13.8. The van der Waals surface area contributed by atoms with Crippen molar-refractivity contribution in [1.29, 1.82) is 0 Å². The van der Waals surface area contributed by atoms with Crippen molar-refractivity contribution in [1.82, 2.24) is 0 Å². The molecular weight excluding hydrogens is 1020 g/mol. The fraction of sp³-hybridized carbons (Fsp3) is 0.0984. The van der Waals surface area contributed by atoms with Crippen molar-refractivity contribution in [2.75, 3.05) is 13.7 Å². The van der Waals surface area contributed by atoms with E-state index >= 15 is 0 Å². The maximum atomic E-state index is 12.0. The number of carbonyl (C=O) groups is 7. The van der Waals surface area contributed by atoms with E-state index in [-0.39, 0.29) is 52.4 Å². The molecule has 18 nitrogen and oxygen atoms in total. The lowest BCUT2D eigenvalue weighted by atomic mass is 10.2. The number of benzene rings is 7. The van der Waals surface area contributed by atoms with E-state index in [9.17, 15) is 33.6 Å². The molecule has 0 heterocycles. The van der Waals surface area contributed by atoms with Gasteiger partial charge >= 0.3 is 42.5 Å². The van der Waals surface area contributed by atoms with E-state index in [0.29, 0.717) is 23.0 Å². The quantitative estimate of drug-likeness (QED) is 0.0306.